The highest BCUT2D eigenvalue weighted by atomic mass is 16.7. The predicted molar refractivity (Wildman–Crippen MR) is 300 cm³/mol. The average Bonchev–Trinajstić information content (AvgIpc) is 3.41. The van der Waals surface area contributed by atoms with Gasteiger partial charge in [0, 0.05) is 6.42 Å². The molecule has 1 amide bonds. The summed E-state index contributed by atoms with van der Waals surface area (Å²) in [6, 6.07) is -0.827. The van der Waals surface area contributed by atoms with Crippen molar-refractivity contribution in [3.8, 4) is 0 Å². The molecule has 9 N–H and O–H groups in total. The lowest BCUT2D eigenvalue weighted by Crippen LogP contribution is -2.65. The highest BCUT2D eigenvalue weighted by molar-refractivity contribution is 5.76. The van der Waals surface area contributed by atoms with Crippen LogP contribution < -0.4 is 5.32 Å². The van der Waals surface area contributed by atoms with Gasteiger partial charge in [-0.3, -0.25) is 4.79 Å². The molecule has 12 unspecified atom stereocenters. The summed E-state index contributed by atoms with van der Waals surface area (Å²) in [5.41, 5.74) is 0. The Kier molecular flexibility index (Phi) is 42.4. The van der Waals surface area contributed by atoms with Gasteiger partial charge in [0.25, 0.3) is 0 Å². The zero-order chi connectivity index (χ0) is 54.6. The molecule has 14 heteroatoms. The van der Waals surface area contributed by atoms with Gasteiger partial charge in [0.15, 0.2) is 12.6 Å². The Bertz CT molecular complexity index is 1530. The lowest BCUT2D eigenvalue weighted by molar-refractivity contribution is -0.359. The lowest BCUT2D eigenvalue weighted by atomic mass is 9.97. The second-order valence-corrected chi connectivity index (χ2v) is 20.7. The number of hydrogen-bond donors (Lipinski definition) is 9. The largest absolute Gasteiger partial charge is 0.394 e. The van der Waals surface area contributed by atoms with Crippen LogP contribution in [0.3, 0.4) is 0 Å². The van der Waals surface area contributed by atoms with Crippen LogP contribution >= 0.6 is 0 Å². The van der Waals surface area contributed by atoms with Crippen LogP contribution in [0.4, 0.5) is 0 Å². The number of rotatable bonds is 46. The molecule has 0 aliphatic carbocycles. The molecule has 0 aromatic carbocycles. The van der Waals surface area contributed by atoms with Gasteiger partial charge in [-0.1, -0.05) is 215 Å². The van der Waals surface area contributed by atoms with Crippen LogP contribution in [-0.2, 0) is 23.7 Å². The average molecular weight is 1060 g/mol. The first-order chi connectivity index (χ1) is 36.6. The fourth-order valence-corrected chi connectivity index (χ4v) is 9.42. The molecule has 2 heterocycles. The second-order valence-electron chi connectivity index (χ2n) is 20.7. The van der Waals surface area contributed by atoms with Gasteiger partial charge < -0.3 is 65.1 Å². The third kappa shape index (κ3) is 32.2. The fraction of sp³-hybridized carbons (Fsp3) is 0.787. The van der Waals surface area contributed by atoms with Crippen LogP contribution in [0.25, 0.3) is 0 Å². The number of ether oxygens (including phenoxy) is 4. The SMILES string of the molecule is CC/C=C\C/C=C\C/C=C\C/C=C\C/C=C\C/C=C\CCCCCCCCCCCCCCCCCCC(=O)NC(COC1OC(CO)C(OC2OC(CO)C(O)C(O)C2O)C(O)C1O)C(O)CCCCCCCC. The minimum atomic E-state index is -1.78. The lowest BCUT2D eigenvalue weighted by Gasteiger charge is -2.46. The normalized spacial score (nSPS) is 25.6. The molecule has 2 aliphatic rings. The highest BCUT2D eigenvalue weighted by Crippen LogP contribution is 2.30. The molecule has 0 spiro atoms. The molecule has 434 valence electrons. The number of hydrogen-bond acceptors (Lipinski definition) is 13. The van der Waals surface area contributed by atoms with E-state index in [4.69, 9.17) is 18.9 Å². The maximum absolute atomic E-state index is 13.2. The van der Waals surface area contributed by atoms with Crippen molar-refractivity contribution in [3.63, 3.8) is 0 Å². The Morgan fingerprint density at radius 1 is 0.493 bits per heavy atom. The van der Waals surface area contributed by atoms with Gasteiger partial charge in [-0.15, -0.1) is 0 Å². The van der Waals surface area contributed by atoms with E-state index < -0.39 is 86.8 Å². The van der Waals surface area contributed by atoms with E-state index in [1.54, 1.807) is 0 Å². The molecule has 0 aromatic heterocycles. The van der Waals surface area contributed by atoms with E-state index in [0.717, 1.165) is 103 Å². The Hall–Kier alpha value is -2.57. The van der Waals surface area contributed by atoms with E-state index in [1.165, 1.54) is 83.5 Å². The van der Waals surface area contributed by atoms with E-state index in [1.807, 2.05) is 0 Å². The van der Waals surface area contributed by atoms with Gasteiger partial charge in [0.05, 0.1) is 32.0 Å². The molecule has 0 radical (unpaired) electrons. The van der Waals surface area contributed by atoms with Crippen molar-refractivity contribution in [1.82, 2.24) is 5.32 Å². The molecule has 14 nitrogen and oxygen atoms in total. The first-order valence-corrected chi connectivity index (χ1v) is 29.7. The summed E-state index contributed by atoms with van der Waals surface area (Å²) in [5.74, 6) is -0.214. The van der Waals surface area contributed by atoms with Gasteiger partial charge >= 0.3 is 0 Å². The first kappa shape index (κ1) is 68.5. The number of carbonyl (C=O) groups excluding carboxylic acids is 1. The van der Waals surface area contributed by atoms with E-state index >= 15 is 0 Å². The van der Waals surface area contributed by atoms with Gasteiger partial charge in [-0.25, -0.2) is 0 Å². The van der Waals surface area contributed by atoms with Crippen molar-refractivity contribution in [2.45, 2.75) is 286 Å². The van der Waals surface area contributed by atoms with E-state index in [-0.39, 0.29) is 12.5 Å². The van der Waals surface area contributed by atoms with Crippen molar-refractivity contribution >= 4 is 5.91 Å². The second kappa shape index (κ2) is 46.4. The smallest absolute Gasteiger partial charge is 0.220 e. The molecule has 2 fully saturated rings. The van der Waals surface area contributed by atoms with Crippen LogP contribution in [-0.4, -0.2) is 140 Å². The van der Waals surface area contributed by atoms with E-state index in [2.05, 4.69) is 92.1 Å². The summed E-state index contributed by atoms with van der Waals surface area (Å²) in [6.45, 7) is 2.66. The summed E-state index contributed by atoms with van der Waals surface area (Å²) in [7, 11) is 0. The van der Waals surface area contributed by atoms with Crippen LogP contribution in [0.15, 0.2) is 72.9 Å². The van der Waals surface area contributed by atoms with E-state index in [9.17, 15) is 45.6 Å². The van der Waals surface area contributed by atoms with Gasteiger partial charge in [-0.05, 0) is 64.2 Å². The topological polar surface area (TPSA) is 228 Å². The molecule has 0 saturated carbocycles. The maximum atomic E-state index is 13.2. The van der Waals surface area contributed by atoms with Crippen molar-refractivity contribution in [2.75, 3.05) is 19.8 Å². The zero-order valence-electron chi connectivity index (χ0n) is 46.5. The molecule has 12 atom stereocenters. The molecule has 2 aliphatic heterocycles. The van der Waals surface area contributed by atoms with Crippen molar-refractivity contribution < 1.29 is 64.6 Å². The quantitative estimate of drug-likeness (QED) is 0.0205. The number of aliphatic hydroxyl groups excluding tert-OH is 8. The molecule has 0 aromatic rings. The first-order valence-electron chi connectivity index (χ1n) is 29.7. The Morgan fingerprint density at radius 3 is 1.41 bits per heavy atom. The third-order valence-electron chi connectivity index (χ3n) is 14.2. The summed E-state index contributed by atoms with van der Waals surface area (Å²) in [5, 5.41) is 86.7. The van der Waals surface area contributed by atoms with Gasteiger partial charge in [0.2, 0.25) is 5.91 Å². The summed E-state index contributed by atoms with van der Waals surface area (Å²) in [4.78, 5) is 13.2. The Balaban J connectivity index is 1.55. The van der Waals surface area contributed by atoms with Crippen molar-refractivity contribution in [1.29, 1.82) is 0 Å². The number of aliphatic hydroxyl groups is 8. The summed E-state index contributed by atoms with van der Waals surface area (Å²) in [6.07, 6.45) is 44.0. The Labute approximate surface area is 453 Å². The summed E-state index contributed by atoms with van der Waals surface area (Å²) < 4.78 is 22.7. The minimum Gasteiger partial charge on any atom is -0.394 e. The minimum absolute atomic E-state index is 0.214. The van der Waals surface area contributed by atoms with Gasteiger partial charge in [0.1, 0.15) is 48.8 Å². The molecular weight excluding hydrogens is 955 g/mol. The number of nitrogens with one attached hydrogen (secondary N) is 1. The highest BCUT2D eigenvalue weighted by Gasteiger charge is 2.51. The molecular formula is C61H107NO13. The molecule has 75 heavy (non-hydrogen) atoms. The van der Waals surface area contributed by atoms with E-state index in [0.29, 0.717) is 12.8 Å². The van der Waals surface area contributed by atoms with Crippen LogP contribution in [0.1, 0.15) is 213 Å². The maximum Gasteiger partial charge on any atom is 0.220 e. The molecule has 0 bridgehead atoms. The monoisotopic (exact) mass is 1060 g/mol. The number of carbonyl (C=O) groups is 1. The number of unbranched alkanes of at least 4 members (excludes halogenated alkanes) is 21. The van der Waals surface area contributed by atoms with Crippen LogP contribution in [0, 0.1) is 0 Å². The number of amides is 1. The third-order valence-corrected chi connectivity index (χ3v) is 14.2. The molecule has 2 saturated heterocycles. The standard InChI is InChI=1S/C61H107NO13/c1-3-5-7-9-11-12-13-14-15-16-17-18-19-20-21-22-23-24-25-26-27-28-29-30-31-32-33-34-35-36-37-38-39-41-43-45-53(66)62-49(50(65)44-42-40-10-8-6-4-2)48-72-60-58(71)56(69)59(52(47-64)74-60)75-61-57(70)55(68)54(67)51(46-63)73-61/h5,7,11-12,14-15,17-18,20-21,23-24,49-52,54-61,63-65,67-71H,3-4,6,8-10,13,16,19,22,25-48H2,1-2H3,(H,62,66)/b7-5-,12-11-,15-14-,18-17-,21-20-,24-23-. The van der Waals surface area contributed by atoms with Crippen LogP contribution in [0.5, 0.6) is 0 Å². The van der Waals surface area contributed by atoms with Gasteiger partial charge in [-0.2, -0.15) is 0 Å². The summed E-state index contributed by atoms with van der Waals surface area (Å²) >= 11 is 0. The molecule has 2 rings (SSSR count). The predicted octanol–water partition coefficient (Wildman–Crippen LogP) is 9.94. The Morgan fingerprint density at radius 2 is 0.920 bits per heavy atom. The van der Waals surface area contributed by atoms with Crippen molar-refractivity contribution in [2.24, 2.45) is 0 Å². The van der Waals surface area contributed by atoms with Crippen LogP contribution in [0.2, 0.25) is 0 Å². The fourth-order valence-electron chi connectivity index (χ4n) is 9.42. The van der Waals surface area contributed by atoms with Crippen molar-refractivity contribution in [3.05, 3.63) is 72.9 Å². The number of allylic oxidation sites excluding steroid dienone is 12. The zero-order valence-corrected chi connectivity index (χ0v) is 46.5.